The topological polar surface area (TPSA) is 49.4 Å². The molecule has 1 fully saturated rings. The van der Waals surface area contributed by atoms with Crippen molar-refractivity contribution in [2.45, 2.75) is 32.7 Å². The van der Waals surface area contributed by atoms with Gasteiger partial charge < -0.3 is 0 Å². The summed E-state index contributed by atoms with van der Waals surface area (Å²) in [6, 6.07) is 2.27. The van der Waals surface area contributed by atoms with Gasteiger partial charge in [0.2, 0.25) is 10.0 Å². The largest absolute Gasteiger partial charge is 0.295 e. The number of hydrogen-bond acceptors (Lipinski definition) is 4. The summed E-state index contributed by atoms with van der Waals surface area (Å²) < 4.78 is 26.8. The van der Waals surface area contributed by atoms with E-state index < -0.39 is 10.0 Å². The predicted molar refractivity (Wildman–Crippen MR) is 84.5 cm³/mol. The summed E-state index contributed by atoms with van der Waals surface area (Å²) in [6.45, 7) is 6.46. The lowest BCUT2D eigenvalue weighted by Crippen LogP contribution is -2.38. The lowest BCUT2D eigenvalue weighted by Gasteiger charge is -2.27. The number of rotatable bonds is 7. The van der Waals surface area contributed by atoms with Gasteiger partial charge in [-0.1, -0.05) is 13.8 Å². The van der Waals surface area contributed by atoms with Gasteiger partial charge in [-0.3, -0.25) is 4.90 Å². The quantitative estimate of drug-likeness (QED) is 0.840. The number of nitrogens with one attached hydrogen (secondary N) is 1. The molecule has 0 unspecified atom stereocenters. The molecule has 1 aromatic rings. The highest BCUT2D eigenvalue weighted by molar-refractivity contribution is 7.89. The Morgan fingerprint density at radius 1 is 1.35 bits per heavy atom. The number of likely N-dealkylation sites (tertiary alicyclic amines) is 1. The van der Waals surface area contributed by atoms with Crippen molar-refractivity contribution >= 4 is 21.4 Å². The van der Waals surface area contributed by atoms with E-state index in [1.165, 1.54) is 18.4 Å². The molecule has 20 heavy (non-hydrogen) atoms. The number of sulfonamides is 1. The molecular formula is C14H24N2O2S2. The molecule has 2 rings (SSSR count). The van der Waals surface area contributed by atoms with Gasteiger partial charge in [0.05, 0.1) is 5.75 Å². The molecule has 1 saturated heterocycles. The van der Waals surface area contributed by atoms with Crippen molar-refractivity contribution in [1.29, 1.82) is 0 Å². The molecule has 6 heteroatoms. The average Bonchev–Trinajstić information content (AvgIpc) is 2.98. The highest BCUT2D eigenvalue weighted by atomic mass is 32.2. The van der Waals surface area contributed by atoms with E-state index in [2.05, 4.69) is 26.4 Å². The molecule has 2 heterocycles. The Balaban J connectivity index is 2.01. The predicted octanol–water partition coefficient (Wildman–Crippen LogP) is 2.46. The van der Waals surface area contributed by atoms with E-state index in [-0.39, 0.29) is 17.7 Å². The van der Waals surface area contributed by atoms with E-state index in [4.69, 9.17) is 0 Å². The van der Waals surface area contributed by atoms with Crippen LogP contribution in [-0.4, -0.2) is 38.7 Å². The molecule has 0 radical (unpaired) electrons. The standard InChI is InChI=1S/C14H24N2O2S2/c1-12(2)11-20(17,18)15-9-14(13-5-8-19-10-13)16-6-3-4-7-16/h5,8,10,12,14-15H,3-4,6-7,9,11H2,1-2H3/t14-/m0/s1. The number of nitrogens with zero attached hydrogens (tertiary/aromatic N) is 1. The lowest BCUT2D eigenvalue weighted by molar-refractivity contribution is 0.247. The molecule has 0 aliphatic carbocycles. The van der Waals surface area contributed by atoms with E-state index in [0.717, 1.165) is 13.1 Å². The highest BCUT2D eigenvalue weighted by Crippen LogP contribution is 2.26. The van der Waals surface area contributed by atoms with Crippen LogP contribution in [0.1, 0.15) is 38.3 Å². The molecule has 1 atom stereocenters. The third-order valence-electron chi connectivity index (χ3n) is 3.56. The van der Waals surface area contributed by atoms with Crippen molar-refractivity contribution in [3.05, 3.63) is 22.4 Å². The third-order valence-corrected chi connectivity index (χ3v) is 5.97. The molecule has 1 aromatic heterocycles. The van der Waals surface area contributed by atoms with Crippen LogP contribution >= 0.6 is 11.3 Å². The van der Waals surface area contributed by atoms with Crippen molar-refractivity contribution in [3.63, 3.8) is 0 Å². The first-order valence-electron chi connectivity index (χ1n) is 7.21. The molecule has 0 bridgehead atoms. The van der Waals surface area contributed by atoms with E-state index in [1.54, 1.807) is 11.3 Å². The first-order valence-corrected chi connectivity index (χ1v) is 9.81. The second kappa shape index (κ2) is 7.02. The Bertz CT molecular complexity index is 491. The van der Waals surface area contributed by atoms with Crippen LogP contribution in [0.2, 0.25) is 0 Å². The van der Waals surface area contributed by atoms with Crippen LogP contribution in [0.4, 0.5) is 0 Å². The van der Waals surface area contributed by atoms with Gasteiger partial charge in [0.15, 0.2) is 0 Å². The van der Waals surface area contributed by atoms with E-state index >= 15 is 0 Å². The zero-order chi connectivity index (χ0) is 14.6. The molecule has 1 aliphatic rings. The van der Waals surface area contributed by atoms with E-state index in [1.807, 2.05) is 13.8 Å². The third kappa shape index (κ3) is 4.55. The second-order valence-electron chi connectivity index (χ2n) is 5.84. The van der Waals surface area contributed by atoms with Gasteiger partial charge in [0.25, 0.3) is 0 Å². The number of hydrogen-bond donors (Lipinski definition) is 1. The fourth-order valence-electron chi connectivity index (χ4n) is 2.68. The first-order chi connectivity index (χ1) is 9.48. The Kier molecular flexibility index (Phi) is 5.60. The zero-order valence-corrected chi connectivity index (χ0v) is 13.8. The minimum absolute atomic E-state index is 0.152. The van der Waals surface area contributed by atoms with Gasteiger partial charge in [0, 0.05) is 12.6 Å². The van der Waals surface area contributed by atoms with Gasteiger partial charge >= 0.3 is 0 Å². The molecule has 0 saturated carbocycles. The van der Waals surface area contributed by atoms with Gasteiger partial charge in [-0.25, -0.2) is 13.1 Å². The minimum atomic E-state index is -3.17. The summed E-state index contributed by atoms with van der Waals surface area (Å²) in [5.41, 5.74) is 1.23. The van der Waals surface area contributed by atoms with Crippen LogP contribution in [0.5, 0.6) is 0 Å². The summed E-state index contributed by atoms with van der Waals surface area (Å²) in [4.78, 5) is 2.39. The zero-order valence-electron chi connectivity index (χ0n) is 12.2. The highest BCUT2D eigenvalue weighted by Gasteiger charge is 2.25. The van der Waals surface area contributed by atoms with Crippen molar-refractivity contribution in [2.24, 2.45) is 5.92 Å². The van der Waals surface area contributed by atoms with Crippen molar-refractivity contribution in [3.8, 4) is 0 Å². The van der Waals surface area contributed by atoms with Crippen LogP contribution in [0.3, 0.4) is 0 Å². The monoisotopic (exact) mass is 316 g/mol. The Morgan fingerprint density at radius 2 is 2.05 bits per heavy atom. The van der Waals surface area contributed by atoms with Crippen LogP contribution in [0.15, 0.2) is 16.8 Å². The van der Waals surface area contributed by atoms with Gasteiger partial charge in [0.1, 0.15) is 0 Å². The van der Waals surface area contributed by atoms with Crippen LogP contribution < -0.4 is 4.72 Å². The van der Waals surface area contributed by atoms with Gasteiger partial charge in [-0.2, -0.15) is 11.3 Å². The number of thiophene rings is 1. The van der Waals surface area contributed by atoms with E-state index in [9.17, 15) is 8.42 Å². The van der Waals surface area contributed by atoms with Crippen LogP contribution in [-0.2, 0) is 10.0 Å². The van der Waals surface area contributed by atoms with Crippen molar-refractivity contribution < 1.29 is 8.42 Å². The smallest absolute Gasteiger partial charge is 0.211 e. The van der Waals surface area contributed by atoms with E-state index in [0.29, 0.717) is 6.54 Å². The fraction of sp³-hybridized carbons (Fsp3) is 0.714. The molecule has 0 aromatic carbocycles. The Morgan fingerprint density at radius 3 is 2.60 bits per heavy atom. The molecule has 0 spiro atoms. The molecular weight excluding hydrogens is 292 g/mol. The SMILES string of the molecule is CC(C)CS(=O)(=O)NC[C@@H](c1ccsc1)N1CCCC1. The fourth-order valence-corrected chi connectivity index (χ4v) is 4.79. The van der Waals surface area contributed by atoms with Crippen LogP contribution in [0, 0.1) is 5.92 Å². The summed E-state index contributed by atoms with van der Waals surface area (Å²) >= 11 is 1.67. The van der Waals surface area contributed by atoms with Crippen molar-refractivity contribution in [1.82, 2.24) is 9.62 Å². The molecule has 0 amide bonds. The molecule has 1 aliphatic heterocycles. The maximum absolute atomic E-state index is 12.0. The maximum Gasteiger partial charge on any atom is 0.211 e. The maximum atomic E-state index is 12.0. The van der Waals surface area contributed by atoms with Crippen molar-refractivity contribution in [2.75, 3.05) is 25.4 Å². The normalized spacial score (nSPS) is 18.8. The second-order valence-corrected chi connectivity index (χ2v) is 8.47. The summed E-state index contributed by atoms with van der Waals surface area (Å²) in [6.07, 6.45) is 2.42. The Labute approximate surface area is 126 Å². The molecule has 1 N–H and O–H groups in total. The summed E-state index contributed by atoms with van der Waals surface area (Å²) in [7, 11) is -3.17. The molecule has 4 nitrogen and oxygen atoms in total. The van der Waals surface area contributed by atoms with Gasteiger partial charge in [-0.15, -0.1) is 0 Å². The van der Waals surface area contributed by atoms with Gasteiger partial charge in [-0.05, 0) is 54.2 Å². The summed E-state index contributed by atoms with van der Waals surface area (Å²) in [5.74, 6) is 0.350. The summed E-state index contributed by atoms with van der Waals surface area (Å²) in [5, 5.41) is 4.18. The molecule has 114 valence electrons. The Hall–Kier alpha value is -0.430. The lowest BCUT2D eigenvalue weighted by atomic mass is 10.1. The average molecular weight is 316 g/mol. The first kappa shape index (κ1) is 15.9. The van der Waals surface area contributed by atoms with Crippen LogP contribution in [0.25, 0.3) is 0 Å². The minimum Gasteiger partial charge on any atom is -0.295 e.